The largest absolute Gasteiger partial charge is 0.497 e. The zero-order valence-corrected chi connectivity index (χ0v) is 13.0. The second-order valence-corrected chi connectivity index (χ2v) is 5.86. The first-order valence-electron chi connectivity index (χ1n) is 6.04. The normalized spacial score (nSPS) is 16.8. The highest BCUT2D eigenvalue weighted by Crippen LogP contribution is 2.41. The van der Waals surface area contributed by atoms with E-state index in [4.69, 9.17) is 16.3 Å². The Bertz CT molecular complexity index is 702. The number of hydrogen-bond acceptors (Lipinski definition) is 2. The summed E-state index contributed by atoms with van der Waals surface area (Å²) >= 11 is 9.65. The number of rotatable bonds is 2. The maximum Gasteiger partial charge on any atom is 0.236 e. The number of fused-ring (bicyclic) bond motifs is 1. The van der Waals surface area contributed by atoms with Gasteiger partial charge in [0.2, 0.25) is 5.91 Å². The molecule has 20 heavy (non-hydrogen) atoms. The Morgan fingerprint density at radius 3 is 2.75 bits per heavy atom. The molecule has 1 N–H and O–H groups in total. The number of amides is 1. The van der Waals surface area contributed by atoms with E-state index in [0.29, 0.717) is 10.8 Å². The monoisotopic (exact) mass is 351 g/mol. The van der Waals surface area contributed by atoms with Gasteiger partial charge in [0.05, 0.1) is 13.0 Å². The Labute approximate surface area is 130 Å². The minimum absolute atomic E-state index is 0.0757. The summed E-state index contributed by atoms with van der Waals surface area (Å²) in [7, 11) is 1.59. The lowest BCUT2D eigenvalue weighted by atomic mass is 9.92. The third-order valence-corrected chi connectivity index (χ3v) is 4.20. The Balaban J connectivity index is 2.14. The van der Waals surface area contributed by atoms with Crippen LogP contribution in [0.4, 0.5) is 5.69 Å². The summed E-state index contributed by atoms with van der Waals surface area (Å²) < 4.78 is 6.14. The molecule has 1 heterocycles. The standard InChI is InChI=1S/C15H11BrClNO2/c1-20-9-3-5-12(17)11(7-9)14-10-4-2-8(16)6-13(10)18-15(14)19/h2-7,14H,1H3,(H,18,19). The minimum atomic E-state index is -0.402. The Morgan fingerprint density at radius 1 is 1.20 bits per heavy atom. The molecule has 1 atom stereocenters. The maximum atomic E-state index is 12.3. The molecule has 102 valence electrons. The van der Waals surface area contributed by atoms with Gasteiger partial charge >= 0.3 is 0 Å². The van der Waals surface area contributed by atoms with Gasteiger partial charge in [0.25, 0.3) is 0 Å². The van der Waals surface area contributed by atoms with Crippen molar-refractivity contribution in [1.29, 1.82) is 0 Å². The van der Waals surface area contributed by atoms with Crippen LogP contribution in [0.1, 0.15) is 17.0 Å². The number of carbonyl (C=O) groups is 1. The quantitative estimate of drug-likeness (QED) is 0.880. The molecule has 3 nitrogen and oxygen atoms in total. The summed E-state index contributed by atoms with van der Waals surface area (Å²) in [5.41, 5.74) is 2.49. The number of methoxy groups -OCH3 is 1. The van der Waals surface area contributed by atoms with Crippen molar-refractivity contribution in [1.82, 2.24) is 0 Å². The van der Waals surface area contributed by atoms with Crippen molar-refractivity contribution < 1.29 is 9.53 Å². The third-order valence-electron chi connectivity index (χ3n) is 3.36. The summed E-state index contributed by atoms with van der Waals surface area (Å²) in [5.74, 6) is 0.205. The zero-order valence-electron chi connectivity index (χ0n) is 10.6. The highest BCUT2D eigenvalue weighted by Gasteiger charge is 2.33. The van der Waals surface area contributed by atoms with Crippen LogP contribution in [0.3, 0.4) is 0 Å². The van der Waals surface area contributed by atoms with E-state index in [-0.39, 0.29) is 5.91 Å². The summed E-state index contributed by atoms with van der Waals surface area (Å²) in [4.78, 5) is 12.3. The van der Waals surface area contributed by atoms with E-state index in [0.717, 1.165) is 21.3 Å². The summed E-state index contributed by atoms with van der Waals surface area (Å²) in [5, 5.41) is 3.44. The van der Waals surface area contributed by atoms with Crippen LogP contribution in [0.2, 0.25) is 5.02 Å². The second kappa shape index (κ2) is 5.11. The smallest absolute Gasteiger partial charge is 0.236 e. The van der Waals surface area contributed by atoms with Crippen LogP contribution < -0.4 is 10.1 Å². The number of anilines is 1. The number of hydrogen-bond donors (Lipinski definition) is 1. The average molecular weight is 353 g/mol. The van der Waals surface area contributed by atoms with E-state index in [1.54, 1.807) is 19.2 Å². The van der Waals surface area contributed by atoms with Gasteiger partial charge in [-0.25, -0.2) is 0 Å². The molecule has 1 aliphatic rings. The number of carbonyl (C=O) groups excluding carboxylic acids is 1. The molecule has 0 fully saturated rings. The van der Waals surface area contributed by atoms with Crippen LogP contribution in [0.5, 0.6) is 5.75 Å². The van der Waals surface area contributed by atoms with E-state index in [1.807, 2.05) is 24.3 Å². The molecule has 1 unspecified atom stereocenters. The molecule has 0 radical (unpaired) electrons. The lowest BCUT2D eigenvalue weighted by Crippen LogP contribution is -2.13. The Morgan fingerprint density at radius 2 is 2.00 bits per heavy atom. The molecule has 3 rings (SSSR count). The van der Waals surface area contributed by atoms with Gasteiger partial charge in [-0.05, 0) is 41.5 Å². The van der Waals surface area contributed by atoms with E-state index in [1.165, 1.54) is 0 Å². The molecule has 0 bridgehead atoms. The lowest BCUT2D eigenvalue weighted by molar-refractivity contribution is -0.116. The van der Waals surface area contributed by atoms with Crippen LogP contribution in [0.25, 0.3) is 0 Å². The second-order valence-electron chi connectivity index (χ2n) is 4.54. The van der Waals surface area contributed by atoms with Crippen molar-refractivity contribution in [2.24, 2.45) is 0 Å². The number of ether oxygens (including phenoxy) is 1. The first-order chi connectivity index (χ1) is 9.60. The molecule has 1 aliphatic heterocycles. The summed E-state index contributed by atoms with van der Waals surface area (Å²) in [6, 6.07) is 11.1. The SMILES string of the molecule is COc1ccc(Cl)c(C2C(=O)Nc3cc(Br)ccc32)c1. The van der Waals surface area contributed by atoms with Crippen molar-refractivity contribution in [3.8, 4) is 5.75 Å². The van der Waals surface area contributed by atoms with Crippen LogP contribution in [-0.2, 0) is 4.79 Å². The molecule has 2 aromatic rings. The first-order valence-corrected chi connectivity index (χ1v) is 7.21. The van der Waals surface area contributed by atoms with Gasteiger partial charge < -0.3 is 10.1 Å². The third kappa shape index (κ3) is 2.19. The molecule has 0 aliphatic carbocycles. The minimum Gasteiger partial charge on any atom is -0.497 e. The molecule has 0 aromatic heterocycles. The fraction of sp³-hybridized carbons (Fsp3) is 0.133. The number of nitrogens with one attached hydrogen (secondary N) is 1. The fourth-order valence-electron chi connectivity index (χ4n) is 2.41. The van der Waals surface area contributed by atoms with Crippen molar-refractivity contribution in [3.63, 3.8) is 0 Å². The predicted molar refractivity (Wildman–Crippen MR) is 82.6 cm³/mol. The van der Waals surface area contributed by atoms with Gasteiger partial charge in [-0.15, -0.1) is 0 Å². The molecule has 0 saturated heterocycles. The van der Waals surface area contributed by atoms with Gasteiger partial charge in [-0.2, -0.15) is 0 Å². The van der Waals surface area contributed by atoms with Gasteiger partial charge in [-0.3, -0.25) is 4.79 Å². The predicted octanol–water partition coefficient (Wildman–Crippen LogP) is 4.20. The molecular formula is C15H11BrClNO2. The lowest BCUT2D eigenvalue weighted by Gasteiger charge is -2.13. The molecule has 0 saturated carbocycles. The van der Waals surface area contributed by atoms with Gasteiger partial charge in [0, 0.05) is 15.2 Å². The van der Waals surface area contributed by atoms with E-state index in [9.17, 15) is 4.79 Å². The van der Waals surface area contributed by atoms with Crippen LogP contribution in [0.15, 0.2) is 40.9 Å². The molecule has 2 aromatic carbocycles. The van der Waals surface area contributed by atoms with E-state index < -0.39 is 5.92 Å². The van der Waals surface area contributed by atoms with Crippen molar-refractivity contribution in [2.75, 3.05) is 12.4 Å². The van der Waals surface area contributed by atoms with Crippen molar-refractivity contribution >= 4 is 39.1 Å². The maximum absolute atomic E-state index is 12.3. The number of halogens is 2. The molecule has 1 amide bonds. The van der Waals surface area contributed by atoms with Crippen LogP contribution >= 0.6 is 27.5 Å². The molecule has 0 spiro atoms. The Kier molecular flexibility index (Phi) is 3.44. The van der Waals surface area contributed by atoms with Crippen molar-refractivity contribution in [3.05, 3.63) is 57.0 Å². The number of benzene rings is 2. The highest BCUT2D eigenvalue weighted by atomic mass is 79.9. The van der Waals surface area contributed by atoms with Crippen molar-refractivity contribution in [2.45, 2.75) is 5.92 Å². The summed E-state index contributed by atoms with van der Waals surface area (Å²) in [6.07, 6.45) is 0. The average Bonchev–Trinajstić information content (AvgIpc) is 2.74. The van der Waals surface area contributed by atoms with E-state index in [2.05, 4.69) is 21.2 Å². The van der Waals surface area contributed by atoms with Crippen LogP contribution in [-0.4, -0.2) is 13.0 Å². The van der Waals surface area contributed by atoms with Gasteiger partial charge in [-0.1, -0.05) is 33.6 Å². The van der Waals surface area contributed by atoms with E-state index >= 15 is 0 Å². The highest BCUT2D eigenvalue weighted by molar-refractivity contribution is 9.10. The molecule has 5 heteroatoms. The van der Waals surface area contributed by atoms with Gasteiger partial charge in [0.1, 0.15) is 5.75 Å². The topological polar surface area (TPSA) is 38.3 Å². The fourth-order valence-corrected chi connectivity index (χ4v) is 3.00. The summed E-state index contributed by atoms with van der Waals surface area (Å²) in [6.45, 7) is 0. The molecular weight excluding hydrogens is 342 g/mol. The first kappa shape index (κ1) is 13.5. The Hall–Kier alpha value is -1.52. The van der Waals surface area contributed by atoms with Gasteiger partial charge in [0.15, 0.2) is 0 Å². The van der Waals surface area contributed by atoms with Crippen LogP contribution in [0, 0.1) is 0 Å². The zero-order chi connectivity index (χ0) is 14.3.